The van der Waals surface area contributed by atoms with Crippen LogP contribution < -0.4 is 18.9 Å². The normalized spacial score (nSPS) is 17.2. The minimum atomic E-state index is -0.772. The molecule has 1 aromatic heterocycles. The van der Waals surface area contributed by atoms with Gasteiger partial charge in [0.25, 0.3) is 0 Å². The number of hydrogen-bond acceptors (Lipinski definition) is 10. The second-order valence-corrected chi connectivity index (χ2v) is 8.54. The number of ether oxygens (including phenoxy) is 5. The standard InChI is InChI=1S/C27H30N4O7/c1-31-27(28-29-30-31)20(9-8-19-14-18(32)15-25(33)38-19)26(16-6-10-21(34-2)23(12-16)36-4)17-7-11-22(35-3)24(13-17)37-5/h6-13,18-19,32H,14-15H2,1-5H3/t18-,19-/m1/s1. The van der Waals surface area contributed by atoms with Gasteiger partial charge in [-0.05, 0) is 51.9 Å². The molecule has 0 saturated carbocycles. The van der Waals surface area contributed by atoms with Crippen molar-refractivity contribution in [3.8, 4) is 23.0 Å². The molecule has 1 aliphatic rings. The second-order valence-electron chi connectivity index (χ2n) is 8.54. The maximum atomic E-state index is 11.9. The molecule has 0 aliphatic carbocycles. The van der Waals surface area contributed by atoms with E-state index in [-0.39, 0.29) is 12.8 Å². The van der Waals surface area contributed by atoms with E-state index < -0.39 is 18.2 Å². The van der Waals surface area contributed by atoms with Gasteiger partial charge in [0.1, 0.15) is 6.10 Å². The maximum Gasteiger partial charge on any atom is 0.309 e. The average molecular weight is 523 g/mol. The first-order valence-corrected chi connectivity index (χ1v) is 11.9. The van der Waals surface area contributed by atoms with Gasteiger partial charge in [-0.1, -0.05) is 18.2 Å². The van der Waals surface area contributed by atoms with Crippen LogP contribution in [0.5, 0.6) is 23.0 Å². The van der Waals surface area contributed by atoms with Crippen molar-refractivity contribution in [3.63, 3.8) is 0 Å². The van der Waals surface area contributed by atoms with E-state index in [2.05, 4.69) is 15.5 Å². The van der Waals surface area contributed by atoms with E-state index in [1.165, 1.54) is 0 Å². The first kappa shape index (κ1) is 26.7. The Morgan fingerprint density at radius 1 is 0.974 bits per heavy atom. The number of aliphatic hydroxyl groups excluding tert-OH is 1. The lowest BCUT2D eigenvalue weighted by molar-refractivity contribution is -0.156. The van der Waals surface area contributed by atoms with Crippen LogP contribution in [0.25, 0.3) is 11.1 Å². The summed E-state index contributed by atoms with van der Waals surface area (Å²) in [5.74, 6) is 2.22. The molecule has 200 valence electrons. The zero-order valence-electron chi connectivity index (χ0n) is 21.9. The highest BCUT2D eigenvalue weighted by Gasteiger charge is 2.26. The zero-order valence-corrected chi connectivity index (χ0v) is 21.9. The SMILES string of the molecule is COc1ccc(C(=C(C=C[C@@H]2C[C@@H](O)CC(=O)O2)c2nnnn2C)c2ccc(OC)c(OC)c2)cc1OC. The summed E-state index contributed by atoms with van der Waals surface area (Å²) in [4.78, 5) is 11.9. The van der Waals surface area contributed by atoms with Gasteiger partial charge in [0.2, 0.25) is 0 Å². The van der Waals surface area contributed by atoms with E-state index in [0.717, 1.165) is 16.7 Å². The monoisotopic (exact) mass is 522 g/mol. The number of nitrogens with zero attached hydrogens (tertiary/aromatic N) is 4. The summed E-state index contributed by atoms with van der Waals surface area (Å²) in [6, 6.07) is 11.1. The van der Waals surface area contributed by atoms with Gasteiger partial charge in [-0.2, -0.15) is 0 Å². The molecule has 0 unspecified atom stereocenters. The van der Waals surface area contributed by atoms with Crippen LogP contribution in [-0.2, 0) is 16.6 Å². The van der Waals surface area contributed by atoms with Crippen molar-refractivity contribution in [3.05, 3.63) is 65.5 Å². The van der Waals surface area contributed by atoms with Gasteiger partial charge in [0.05, 0.1) is 41.0 Å². The second kappa shape index (κ2) is 11.8. The van der Waals surface area contributed by atoms with Crippen molar-refractivity contribution in [1.29, 1.82) is 0 Å². The van der Waals surface area contributed by atoms with Crippen LogP contribution >= 0.6 is 0 Å². The molecule has 2 heterocycles. The van der Waals surface area contributed by atoms with Crippen LogP contribution in [0.4, 0.5) is 0 Å². The van der Waals surface area contributed by atoms with Crippen molar-refractivity contribution in [1.82, 2.24) is 20.2 Å². The Kier molecular flexibility index (Phi) is 8.27. The molecule has 2 aromatic carbocycles. The highest BCUT2D eigenvalue weighted by molar-refractivity contribution is 6.01. The Bertz CT molecular complexity index is 1310. The van der Waals surface area contributed by atoms with Gasteiger partial charge in [0, 0.05) is 24.6 Å². The molecule has 11 nitrogen and oxygen atoms in total. The predicted molar refractivity (Wildman–Crippen MR) is 138 cm³/mol. The van der Waals surface area contributed by atoms with E-state index in [0.29, 0.717) is 34.4 Å². The van der Waals surface area contributed by atoms with Crippen molar-refractivity contribution in [2.75, 3.05) is 28.4 Å². The fraction of sp³-hybridized carbons (Fsp3) is 0.333. The minimum Gasteiger partial charge on any atom is -0.493 e. The van der Waals surface area contributed by atoms with Crippen molar-refractivity contribution in [2.45, 2.75) is 25.0 Å². The van der Waals surface area contributed by atoms with Crippen LogP contribution in [0.2, 0.25) is 0 Å². The number of benzene rings is 2. The summed E-state index contributed by atoms with van der Waals surface area (Å²) in [5.41, 5.74) is 2.92. The number of carbonyl (C=O) groups excluding carboxylic acids is 1. The highest BCUT2D eigenvalue weighted by atomic mass is 16.5. The molecule has 1 saturated heterocycles. The number of hydrogen-bond donors (Lipinski definition) is 1. The molecular formula is C27H30N4O7. The van der Waals surface area contributed by atoms with Crippen molar-refractivity contribution < 1.29 is 33.6 Å². The third-order valence-corrected chi connectivity index (χ3v) is 6.14. The number of aromatic nitrogens is 4. The maximum absolute atomic E-state index is 11.9. The van der Waals surface area contributed by atoms with E-state index in [4.69, 9.17) is 23.7 Å². The van der Waals surface area contributed by atoms with E-state index in [9.17, 15) is 9.90 Å². The Morgan fingerprint density at radius 2 is 1.55 bits per heavy atom. The minimum absolute atomic E-state index is 0.0250. The van der Waals surface area contributed by atoms with Crippen molar-refractivity contribution in [2.24, 2.45) is 7.05 Å². The van der Waals surface area contributed by atoms with Crippen molar-refractivity contribution >= 4 is 17.1 Å². The molecule has 0 radical (unpaired) electrons. The fourth-order valence-corrected chi connectivity index (χ4v) is 4.32. The van der Waals surface area contributed by atoms with Crippen LogP contribution in [0.15, 0.2) is 48.6 Å². The third-order valence-electron chi connectivity index (χ3n) is 6.14. The van der Waals surface area contributed by atoms with E-state index in [1.54, 1.807) is 52.3 Å². The molecule has 38 heavy (non-hydrogen) atoms. The van der Waals surface area contributed by atoms with Gasteiger partial charge >= 0.3 is 5.97 Å². The summed E-state index contributed by atoms with van der Waals surface area (Å²) in [6.45, 7) is 0. The number of aryl methyl sites for hydroxylation is 1. The number of methoxy groups -OCH3 is 4. The number of allylic oxidation sites excluding steroid dienone is 2. The molecule has 0 spiro atoms. The molecule has 1 fully saturated rings. The topological polar surface area (TPSA) is 127 Å². The third kappa shape index (κ3) is 5.62. The molecule has 1 aliphatic heterocycles. The number of aliphatic hydroxyl groups is 1. The van der Waals surface area contributed by atoms with Crippen LogP contribution in [0.1, 0.15) is 29.8 Å². The summed E-state index contributed by atoms with van der Waals surface area (Å²) < 4.78 is 29.0. The molecule has 1 N–H and O–H groups in total. The lowest BCUT2D eigenvalue weighted by Gasteiger charge is -2.23. The van der Waals surface area contributed by atoms with E-state index in [1.807, 2.05) is 36.4 Å². The number of rotatable bonds is 9. The number of tetrazole rings is 1. The van der Waals surface area contributed by atoms with Gasteiger partial charge < -0.3 is 28.8 Å². The van der Waals surface area contributed by atoms with Crippen LogP contribution in [0.3, 0.4) is 0 Å². The predicted octanol–water partition coefficient (Wildman–Crippen LogP) is 2.83. The fourth-order valence-electron chi connectivity index (χ4n) is 4.32. The Morgan fingerprint density at radius 3 is 2.03 bits per heavy atom. The first-order valence-electron chi connectivity index (χ1n) is 11.9. The average Bonchev–Trinajstić information content (AvgIpc) is 3.35. The van der Waals surface area contributed by atoms with Gasteiger partial charge in [-0.15, -0.1) is 5.10 Å². The summed E-state index contributed by atoms with van der Waals surface area (Å²) >= 11 is 0. The van der Waals surface area contributed by atoms with Gasteiger partial charge in [-0.3, -0.25) is 4.79 Å². The van der Waals surface area contributed by atoms with E-state index >= 15 is 0 Å². The molecular weight excluding hydrogens is 492 g/mol. The lowest BCUT2D eigenvalue weighted by Crippen LogP contribution is -2.31. The Hall–Kier alpha value is -4.38. The Balaban J connectivity index is 1.99. The lowest BCUT2D eigenvalue weighted by atomic mass is 9.91. The zero-order chi connectivity index (χ0) is 27.2. The number of esters is 1. The largest absolute Gasteiger partial charge is 0.493 e. The number of cyclic esters (lactones) is 1. The van der Waals surface area contributed by atoms with Gasteiger partial charge in [-0.25, -0.2) is 4.68 Å². The summed E-state index contributed by atoms with van der Waals surface area (Å²) in [6.07, 6.45) is 2.40. The van der Waals surface area contributed by atoms with Crippen LogP contribution in [0, 0.1) is 0 Å². The molecule has 0 amide bonds. The highest BCUT2D eigenvalue weighted by Crippen LogP contribution is 2.40. The molecule has 2 atom stereocenters. The quantitative estimate of drug-likeness (QED) is 0.331. The molecule has 0 bridgehead atoms. The molecule has 3 aromatic rings. The summed E-state index contributed by atoms with van der Waals surface area (Å²) in [7, 11) is 8.01. The molecule has 11 heteroatoms. The van der Waals surface area contributed by atoms with Crippen LogP contribution in [-0.4, -0.2) is 71.9 Å². The molecule has 4 rings (SSSR count). The first-order chi connectivity index (χ1) is 18.4. The number of carbonyl (C=O) groups is 1. The smallest absolute Gasteiger partial charge is 0.309 e. The van der Waals surface area contributed by atoms with Gasteiger partial charge in [0.15, 0.2) is 28.8 Å². The summed E-state index contributed by atoms with van der Waals surface area (Å²) in [5, 5.41) is 22.2. The Labute approximate surface area is 220 Å².